The molecule has 0 spiro atoms. The number of halogens is 1. The van der Waals surface area contributed by atoms with Crippen LogP contribution in [0.5, 0.6) is 0 Å². The van der Waals surface area contributed by atoms with Crippen LogP contribution in [0.25, 0.3) is 0 Å². The molecular formula is C13H17FN2O2. The van der Waals surface area contributed by atoms with Gasteiger partial charge in [-0.15, -0.1) is 0 Å². The van der Waals surface area contributed by atoms with E-state index >= 15 is 0 Å². The molecule has 5 heteroatoms. The van der Waals surface area contributed by atoms with Crippen LogP contribution in [0.2, 0.25) is 0 Å². The molecule has 98 valence electrons. The fourth-order valence-electron chi connectivity index (χ4n) is 2.16. The summed E-state index contributed by atoms with van der Waals surface area (Å²) in [5.41, 5.74) is 0.275. The Balaban J connectivity index is 2.31. The van der Waals surface area contributed by atoms with Gasteiger partial charge >= 0.3 is 0 Å². The van der Waals surface area contributed by atoms with E-state index in [1.54, 1.807) is 18.2 Å². The van der Waals surface area contributed by atoms with Gasteiger partial charge in [0, 0.05) is 12.6 Å². The molecule has 2 N–H and O–H groups in total. The average Bonchev–Trinajstić information content (AvgIpc) is 2.50. The number of benzene rings is 1. The van der Waals surface area contributed by atoms with Crippen LogP contribution in [0.15, 0.2) is 24.3 Å². The molecule has 1 saturated heterocycles. The second kappa shape index (κ2) is 5.46. The van der Waals surface area contributed by atoms with Gasteiger partial charge in [0.2, 0.25) is 5.91 Å². The van der Waals surface area contributed by atoms with E-state index in [4.69, 9.17) is 0 Å². The second-order valence-electron chi connectivity index (χ2n) is 4.53. The van der Waals surface area contributed by atoms with Crippen molar-refractivity contribution in [1.29, 1.82) is 0 Å². The van der Waals surface area contributed by atoms with Crippen LogP contribution in [-0.4, -0.2) is 36.2 Å². The van der Waals surface area contributed by atoms with Crippen LogP contribution in [-0.2, 0) is 4.79 Å². The molecule has 1 aromatic rings. The molecular weight excluding hydrogens is 235 g/mol. The van der Waals surface area contributed by atoms with Gasteiger partial charge in [-0.1, -0.05) is 12.1 Å². The van der Waals surface area contributed by atoms with Crippen LogP contribution in [0.3, 0.4) is 0 Å². The number of nitrogens with one attached hydrogen (secondary N) is 1. The average molecular weight is 252 g/mol. The monoisotopic (exact) mass is 252 g/mol. The molecule has 1 heterocycles. The molecule has 1 aliphatic heterocycles. The molecule has 0 radical (unpaired) electrons. The Kier molecular flexibility index (Phi) is 3.93. The van der Waals surface area contributed by atoms with E-state index in [1.165, 1.54) is 11.0 Å². The number of para-hydroxylation sites is 1. The summed E-state index contributed by atoms with van der Waals surface area (Å²) >= 11 is 0. The summed E-state index contributed by atoms with van der Waals surface area (Å²) in [4.78, 5) is 13.6. The number of anilines is 1. The second-order valence-corrected chi connectivity index (χ2v) is 4.53. The molecule has 0 aliphatic carbocycles. The third-order valence-corrected chi connectivity index (χ3v) is 3.16. The number of hydrogen-bond donors (Lipinski definition) is 2. The third kappa shape index (κ3) is 2.52. The summed E-state index contributed by atoms with van der Waals surface area (Å²) in [7, 11) is 0. The zero-order valence-corrected chi connectivity index (χ0v) is 10.3. The lowest BCUT2D eigenvalue weighted by Gasteiger charge is -2.23. The van der Waals surface area contributed by atoms with Gasteiger partial charge < -0.3 is 15.3 Å². The molecule has 1 aromatic carbocycles. The summed E-state index contributed by atoms with van der Waals surface area (Å²) < 4.78 is 13.7. The Hall–Kier alpha value is -1.46. The van der Waals surface area contributed by atoms with Gasteiger partial charge in [-0.2, -0.15) is 0 Å². The molecule has 1 fully saturated rings. The van der Waals surface area contributed by atoms with Crippen molar-refractivity contribution in [3.05, 3.63) is 30.1 Å². The number of rotatable bonds is 2. The summed E-state index contributed by atoms with van der Waals surface area (Å²) in [5, 5.41) is 12.3. The molecule has 2 rings (SSSR count). The lowest BCUT2D eigenvalue weighted by molar-refractivity contribution is -0.121. The van der Waals surface area contributed by atoms with E-state index in [1.807, 2.05) is 6.92 Å². The number of carbonyl (C=O) groups is 1. The fraction of sp³-hybridized carbons (Fsp3) is 0.462. The first-order valence-electron chi connectivity index (χ1n) is 6.06. The summed E-state index contributed by atoms with van der Waals surface area (Å²) in [6.45, 7) is 2.11. The highest BCUT2D eigenvalue weighted by Gasteiger charge is 2.30. The van der Waals surface area contributed by atoms with E-state index in [2.05, 4.69) is 5.32 Å². The van der Waals surface area contributed by atoms with Crippen molar-refractivity contribution in [3.8, 4) is 0 Å². The van der Waals surface area contributed by atoms with Crippen molar-refractivity contribution >= 4 is 11.6 Å². The van der Waals surface area contributed by atoms with Gasteiger partial charge in [0.15, 0.2) is 0 Å². The van der Waals surface area contributed by atoms with E-state index in [-0.39, 0.29) is 24.2 Å². The molecule has 0 aromatic heterocycles. The van der Waals surface area contributed by atoms with Gasteiger partial charge in [-0.05, 0) is 25.5 Å². The maximum atomic E-state index is 13.7. The lowest BCUT2D eigenvalue weighted by Crippen LogP contribution is -2.47. The van der Waals surface area contributed by atoms with E-state index in [0.29, 0.717) is 6.54 Å². The van der Waals surface area contributed by atoms with E-state index in [9.17, 15) is 14.3 Å². The maximum absolute atomic E-state index is 13.7. The molecule has 2 atom stereocenters. The lowest BCUT2D eigenvalue weighted by atomic mass is 10.2. The van der Waals surface area contributed by atoms with Crippen molar-refractivity contribution < 1.29 is 14.3 Å². The normalized spacial score (nSPS) is 25.1. The zero-order valence-electron chi connectivity index (χ0n) is 10.3. The zero-order chi connectivity index (χ0) is 13.1. The minimum atomic E-state index is -0.665. The number of carbonyl (C=O) groups excluding carboxylic acids is 1. The highest BCUT2D eigenvalue weighted by Crippen LogP contribution is 2.21. The van der Waals surface area contributed by atoms with Crippen molar-refractivity contribution in [2.75, 3.05) is 18.1 Å². The predicted octanol–water partition coefficient (Wildman–Crippen LogP) is 0.901. The molecule has 2 unspecified atom stereocenters. The van der Waals surface area contributed by atoms with Crippen LogP contribution in [0.1, 0.15) is 13.3 Å². The number of amides is 1. The van der Waals surface area contributed by atoms with Crippen molar-refractivity contribution in [1.82, 2.24) is 5.32 Å². The third-order valence-electron chi connectivity index (χ3n) is 3.16. The fourth-order valence-corrected chi connectivity index (χ4v) is 2.16. The smallest absolute Gasteiger partial charge is 0.246 e. The highest BCUT2D eigenvalue weighted by molar-refractivity contribution is 5.97. The Morgan fingerprint density at radius 3 is 2.89 bits per heavy atom. The van der Waals surface area contributed by atoms with Crippen molar-refractivity contribution in [3.63, 3.8) is 0 Å². The topological polar surface area (TPSA) is 52.6 Å². The minimum Gasteiger partial charge on any atom is -0.394 e. The molecule has 1 aliphatic rings. The Bertz CT molecular complexity index is 439. The van der Waals surface area contributed by atoms with Crippen LogP contribution in [0, 0.1) is 5.82 Å². The molecule has 0 saturated carbocycles. The summed E-state index contributed by atoms with van der Waals surface area (Å²) in [6, 6.07) is 5.65. The quantitative estimate of drug-likeness (QED) is 0.822. The van der Waals surface area contributed by atoms with E-state index < -0.39 is 11.9 Å². The van der Waals surface area contributed by atoms with Crippen molar-refractivity contribution in [2.24, 2.45) is 0 Å². The van der Waals surface area contributed by atoms with Gasteiger partial charge in [0.1, 0.15) is 11.9 Å². The first kappa shape index (κ1) is 13.0. The number of hydrogen-bond acceptors (Lipinski definition) is 3. The molecule has 18 heavy (non-hydrogen) atoms. The van der Waals surface area contributed by atoms with Gasteiger partial charge in [0.05, 0.1) is 12.3 Å². The molecule has 0 bridgehead atoms. The SMILES string of the molecule is CC1CCN(c2ccccc2F)C(=O)C(CO)N1. The summed E-state index contributed by atoms with van der Waals surface area (Å²) in [5.74, 6) is -0.705. The Morgan fingerprint density at radius 2 is 2.22 bits per heavy atom. The highest BCUT2D eigenvalue weighted by atomic mass is 19.1. The first-order valence-corrected chi connectivity index (χ1v) is 6.06. The van der Waals surface area contributed by atoms with Crippen molar-refractivity contribution in [2.45, 2.75) is 25.4 Å². The van der Waals surface area contributed by atoms with Crippen LogP contribution < -0.4 is 10.2 Å². The standard InChI is InChI=1S/C13H17FN2O2/c1-9-6-7-16(13(18)11(8-17)15-9)12-5-3-2-4-10(12)14/h2-5,9,11,15,17H,6-8H2,1H3. The minimum absolute atomic E-state index is 0.114. The summed E-state index contributed by atoms with van der Waals surface area (Å²) in [6.07, 6.45) is 0.719. The number of aliphatic hydroxyl groups is 1. The van der Waals surface area contributed by atoms with Crippen LogP contribution >= 0.6 is 0 Å². The molecule has 1 amide bonds. The van der Waals surface area contributed by atoms with Gasteiger partial charge in [-0.25, -0.2) is 4.39 Å². The number of nitrogens with zero attached hydrogens (tertiary/aromatic N) is 1. The molecule has 4 nitrogen and oxygen atoms in total. The first-order chi connectivity index (χ1) is 8.63. The van der Waals surface area contributed by atoms with Gasteiger partial charge in [-0.3, -0.25) is 4.79 Å². The Labute approximate surface area is 105 Å². The Morgan fingerprint density at radius 1 is 1.50 bits per heavy atom. The largest absolute Gasteiger partial charge is 0.394 e. The van der Waals surface area contributed by atoms with E-state index in [0.717, 1.165) is 6.42 Å². The van der Waals surface area contributed by atoms with Gasteiger partial charge in [0.25, 0.3) is 0 Å². The predicted molar refractivity (Wildman–Crippen MR) is 66.8 cm³/mol. The maximum Gasteiger partial charge on any atom is 0.246 e. The van der Waals surface area contributed by atoms with Crippen LogP contribution in [0.4, 0.5) is 10.1 Å². The number of aliphatic hydroxyl groups excluding tert-OH is 1.